The van der Waals surface area contributed by atoms with Crippen molar-refractivity contribution in [3.63, 3.8) is 0 Å². The van der Waals surface area contributed by atoms with E-state index in [4.69, 9.17) is 0 Å². The minimum absolute atomic E-state index is 0.0644. The van der Waals surface area contributed by atoms with Gasteiger partial charge in [0.15, 0.2) is 5.65 Å². The van der Waals surface area contributed by atoms with Crippen LogP contribution in [-0.2, 0) is 11.8 Å². The number of hydrogen-bond acceptors (Lipinski definition) is 6. The molecular weight excluding hydrogens is 346 g/mol. The number of pyridine rings is 1. The van der Waals surface area contributed by atoms with E-state index in [1.54, 1.807) is 17.9 Å². The van der Waals surface area contributed by atoms with Crippen LogP contribution in [0.5, 0.6) is 0 Å². The maximum absolute atomic E-state index is 12.7. The van der Waals surface area contributed by atoms with E-state index < -0.39 is 0 Å². The molecule has 1 unspecified atom stereocenters. The number of amides is 1. The number of hydrogen-bond donors (Lipinski definition) is 2. The Bertz CT molecular complexity index is 1060. The monoisotopic (exact) mass is 367 g/mol. The molecule has 1 saturated heterocycles. The van der Waals surface area contributed by atoms with Gasteiger partial charge in [-0.15, -0.1) is 0 Å². The molecule has 3 aromatic rings. The number of carbonyl (C=O) groups is 1. The van der Waals surface area contributed by atoms with Crippen molar-refractivity contribution in [3.05, 3.63) is 40.4 Å². The fourth-order valence-corrected chi connectivity index (χ4v) is 3.39. The number of anilines is 2. The van der Waals surface area contributed by atoms with Gasteiger partial charge in [-0.1, -0.05) is 6.07 Å². The van der Waals surface area contributed by atoms with Crippen LogP contribution >= 0.6 is 0 Å². The van der Waals surface area contributed by atoms with Crippen molar-refractivity contribution in [3.8, 4) is 0 Å². The molecule has 1 fully saturated rings. The first-order valence-electron chi connectivity index (χ1n) is 8.92. The average molecular weight is 367 g/mol. The molecule has 1 aliphatic heterocycles. The lowest BCUT2D eigenvalue weighted by molar-refractivity contribution is -0.120. The Balaban J connectivity index is 1.54. The van der Waals surface area contributed by atoms with Crippen molar-refractivity contribution < 1.29 is 4.79 Å². The predicted octanol–water partition coefficient (Wildman–Crippen LogP) is 1.22. The lowest BCUT2D eigenvalue weighted by Gasteiger charge is -2.32. The van der Waals surface area contributed by atoms with Gasteiger partial charge in [-0.3, -0.25) is 19.3 Å². The van der Waals surface area contributed by atoms with Gasteiger partial charge in [0, 0.05) is 26.3 Å². The van der Waals surface area contributed by atoms with Crippen molar-refractivity contribution in [2.45, 2.75) is 19.8 Å². The normalized spacial score (nSPS) is 17.3. The molecule has 1 amide bonds. The highest BCUT2D eigenvalue weighted by molar-refractivity contribution is 5.92. The largest absolute Gasteiger partial charge is 0.341 e. The molecule has 9 heteroatoms. The number of carbonyl (C=O) groups excluding carboxylic acids is 1. The molecule has 0 radical (unpaired) electrons. The maximum Gasteiger partial charge on any atom is 0.263 e. The number of aryl methyl sites for hydroxylation is 2. The van der Waals surface area contributed by atoms with Crippen LogP contribution in [-0.4, -0.2) is 43.7 Å². The van der Waals surface area contributed by atoms with Crippen molar-refractivity contribution >= 4 is 28.7 Å². The third-order valence-corrected chi connectivity index (χ3v) is 4.93. The smallest absolute Gasteiger partial charge is 0.263 e. The Hall–Kier alpha value is -3.23. The van der Waals surface area contributed by atoms with Gasteiger partial charge in [0.25, 0.3) is 5.56 Å². The van der Waals surface area contributed by atoms with Gasteiger partial charge in [0.1, 0.15) is 11.2 Å². The van der Waals surface area contributed by atoms with E-state index in [1.165, 1.54) is 6.20 Å². The minimum Gasteiger partial charge on any atom is -0.341 e. The van der Waals surface area contributed by atoms with E-state index in [0.29, 0.717) is 29.3 Å². The summed E-state index contributed by atoms with van der Waals surface area (Å²) in [7, 11) is 1.75. The van der Waals surface area contributed by atoms with E-state index in [9.17, 15) is 9.59 Å². The molecule has 1 aliphatic rings. The van der Waals surface area contributed by atoms with E-state index in [1.807, 2.05) is 24.0 Å². The van der Waals surface area contributed by atoms with Crippen LogP contribution in [0.1, 0.15) is 18.4 Å². The van der Waals surface area contributed by atoms with Crippen molar-refractivity contribution in [1.29, 1.82) is 0 Å². The van der Waals surface area contributed by atoms with E-state index in [0.717, 1.165) is 24.9 Å². The van der Waals surface area contributed by atoms with Gasteiger partial charge in [-0.05, 0) is 31.4 Å². The highest BCUT2D eigenvalue weighted by Gasteiger charge is 2.28. The summed E-state index contributed by atoms with van der Waals surface area (Å²) in [5.41, 5.74) is 1.23. The van der Waals surface area contributed by atoms with Crippen molar-refractivity contribution in [2.75, 3.05) is 23.3 Å². The molecule has 0 bridgehead atoms. The number of nitrogens with zero attached hydrogens (tertiary/aromatic N) is 5. The standard InChI is InChI=1S/C18H21N7O2/c1-11-5-3-7-19-14(11)21-16(26)12-6-4-8-25(10-12)18-22-15-13(17(27)23-18)9-20-24(15)2/h3,5,7,9,12H,4,6,8,10H2,1-2H3,(H,19,21,26)(H,22,23,27). The van der Waals surface area contributed by atoms with E-state index >= 15 is 0 Å². The van der Waals surface area contributed by atoms with Gasteiger partial charge < -0.3 is 10.2 Å². The van der Waals surface area contributed by atoms with Gasteiger partial charge in [0.05, 0.1) is 12.1 Å². The molecule has 0 aromatic carbocycles. The molecule has 9 nitrogen and oxygen atoms in total. The fraction of sp³-hybridized carbons (Fsp3) is 0.389. The fourth-order valence-electron chi connectivity index (χ4n) is 3.39. The second-order valence-electron chi connectivity index (χ2n) is 6.84. The number of aromatic amines is 1. The lowest BCUT2D eigenvalue weighted by atomic mass is 9.97. The van der Waals surface area contributed by atoms with Gasteiger partial charge in [-0.25, -0.2) is 4.98 Å². The Morgan fingerprint density at radius 1 is 1.41 bits per heavy atom. The third-order valence-electron chi connectivity index (χ3n) is 4.93. The topological polar surface area (TPSA) is 109 Å². The van der Waals surface area contributed by atoms with Crippen molar-refractivity contribution in [1.82, 2.24) is 24.7 Å². The van der Waals surface area contributed by atoms with Crippen molar-refractivity contribution in [2.24, 2.45) is 13.0 Å². The summed E-state index contributed by atoms with van der Waals surface area (Å²) in [5.74, 6) is 0.795. The summed E-state index contributed by atoms with van der Waals surface area (Å²) in [4.78, 5) is 38.5. The molecule has 140 valence electrons. The number of rotatable bonds is 3. The summed E-state index contributed by atoms with van der Waals surface area (Å²) in [6, 6.07) is 3.75. The first-order valence-corrected chi connectivity index (χ1v) is 8.92. The first-order chi connectivity index (χ1) is 13.0. The number of aromatic nitrogens is 5. The number of piperidine rings is 1. The Morgan fingerprint density at radius 2 is 2.26 bits per heavy atom. The lowest BCUT2D eigenvalue weighted by Crippen LogP contribution is -2.42. The average Bonchev–Trinajstić information content (AvgIpc) is 3.05. The first kappa shape index (κ1) is 17.2. The van der Waals surface area contributed by atoms with Crippen LogP contribution < -0.4 is 15.8 Å². The van der Waals surface area contributed by atoms with Crippen LogP contribution in [0.4, 0.5) is 11.8 Å². The molecule has 27 heavy (non-hydrogen) atoms. The molecule has 4 heterocycles. The number of nitrogens with one attached hydrogen (secondary N) is 2. The van der Waals surface area contributed by atoms with Crippen LogP contribution in [0.2, 0.25) is 0 Å². The molecule has 4 rings (SSSR count). The zero-order valence-corrected chi connectivity index (χ0v) is 15.3. The highest BCUT2D eigenvalue weighted by atomic mass is 16.2. The number of fused-ring (bicyclic) bond motifs is 1. The van der Waals surface area contributed by atoms with E-state index in [-0.39, 0.29) is 17.4 Å². The third kappa shape index (κ3) is 3.27. The SMILES string of the molecule is Cc1cccnc1NC(=O)C1CCCN(c2nc3c(cnn3C)c(=O)[nH]2)C1. The summed E-state index contributed by atoms with van der Waals surface area (Å²) < 4.78 is 1.58. The molecule has 1 atom stereocenters. The zero-order valence-electron chi connectivity index (χ0n) is 15.3. The summed E-state index contributed by atoms with van der Waals surface area (Å²) >= 11 is 0. The molecule has 0 saturated carbocycles. The molecular formula is C18H21N7O2. The molecule has 0 spiro atoms. The maximum atomic E-state index is 12.7. The van der Waals surface area contributed by atoms with Crippen LogP contribution in [0.15, 0.2) is 29.3 Å². The van der Waals surface area contributed by atoms with Crippen LogP contribution in [0.3, 0.4) is 0 Å². The molecule has 0 aliphatic carbocycles. The van der Waals surface area contributed by atoms with Gasteiger partial charge in [0.2, 0.25) is 11.9 Å². The minimum atomic E-state index is -0.223. The Kier molecular flexibility index (Phi) is 4.35. The second-order valence-corrected chi connectivity index (χ2v) is 6.84. The summed E-state index contributed by atoms with van der Waals surface area (Å²) in [6.07, 6.45) is 4.79. The molecule has 3 aromatic heterocycles. The number of H-pyrrole nitrogens is 1. The van der Waals surface area contributed by atoms with Crippen LogP contribution in [0.25, 0.3) is 11.0 Å². The highest BCUT2D eigenvalue weighted by Crippen LogP contribution is 2.22. The second kappa shape index (κ2) is 6.82. The summed E-state index contributed by atoms with van der Waals surface area (Å²) in [5, 5.41) is 7.46. The van der Waals surface area contributed by atoms with E-state index in [2.05, 4.69) is 25.4 Å². The van der Waals surface area contributed by atoms with Crippen LogP contribution in [0, 0.1) is 12.8 Å². The Labute approximate surface area is 155 Å². The van der Waals surface area contributed by atoms with Gasteiger partial charge >= 0.3 is 0 Å². The predicted molar refractivity (Wildman–Crippen MR) is 102 cm³/mol. The Morgan fingerprint density at radius 3 is 3.07 bits per heavy atom. The quantitative estimate of drug-likeness (QED) is 0.720. The molecule has 2 N–H and O–H groups in total. The van der Waals surface area contributed by atoms with Gasteiger partial charge in [-0.2, -0.15) is 10.1 Å². The summed E-state index contributed by atoms with van der Waals surface area (Å²) in [6.45, 7) is 3.14. The zero-order chi connectivity index (χ0) is 19.0.